The van der Waals surface area contributed by atoms with Gasteiger partial charge in [0.15, 0.2) is 11.0 Å². The molecule has 6 nitrogen and oxygen atoms in total. The van der Waals surface area contributed by atoms with E-state index in [0.717, 1.165) is 36.1 Å². The summed E-state index contributed by atoms with van der Waals surface area (Å²) in [4.78, 5) is 18.5. The Labute approximate surface area is 152 Å². The fourth-order valence-corrected chi connectivity index (χ4v) is 3.89. The van der Waals surface area contributed by atoms with Crippen LogP contribution in [0.5, 0.6) is 0 Å². The number of thioether (sulfide) groups is 1. The number of allylic oxidation sites excluding steroid dienone is 1. The number of hydrogen-bond acceptors (Lipinski definition) is 5. The van der Waals surface area contributed by atoms with Crippen molar-refractivity contribution in [2.75, 3.05) is 18.8 Å². The smallest absolute Gasteiger partial charge is 0.233 e. The molecule has 3 rings (SSSR count). The lowest BCUT2D eigenvalue weighted by Crippen LogP contribution is -2.40. The number of amides is 1. The Hall–Kier alpha value is -2.15. The minimum Gasteiger partial charge on any atom is -0.342 e. The molecule has 132 valence electrons. The molecule has 1 fully saturated rings. The van der Waals surface area contributed by atoms with Crippen LogP contribution < -0.4 is 0 Å². The van der Waals surface area contributed by atoms with Gasteiger partial charge in [0, 0.05) is 37.6 Å². The van der Waals surface area contributed by atoms with Crippen molar-refractivity contribution < 1.29 is 4.79 Å². The number of pyridine rings is 1. The fourth-order valence-electron chi connectivity index (χ4n) is 3.04. The van der Waals surface area contributed by atoms with E-state index < -0.39 is 0 Å². The van der Waals surface area contributed by atoms with Crippen LogP contribution in [0.15, 0.2) is 42.3 Å². The summed E-state index contributed by atoms with van der Waals surface area (Å²) in [6.45, 7) is 8.35. The van der Waals surface area contributed by atoms with Gasteiger partial charge in [-0.3, -0.25) is 14.3 Å². The van der Waals surface area contributed by atoms with Gasteiger partial charge in [0.05, 0.1) is 5.75 Å². The number of likely N-dealkylation sites (tertiary alicyclic amines) is 1. The third-order valence-electron chi connectivity index (χ3n) is 4.30. The van der Waals surface area contributed by atoms with E-state index in [-0.39, 0.29) is 5.91 Å². The number of carbonyl (C=O) groups excluding carboxylic acids is 1. The van der Waals surface area contributed by atoms with E-state index in [0.29, 0.717) is 18.2 Å². The molecule has 0 radical (unpaired) electrons. The number of hydrogen-bond donors (Lipinski definition) is 0. The van der Waals surface area contributed by atoms with Gasteiger partial charge in [-0.05, 0) is 30.9 Å². The zero-order chi connectivity index (χ0) is 17.6. The Bertz CT molecular complexity index is 730. The fraction of sp³-hybridized carbons (Fsp3) is 0.444. The molecular formula is C18H23N5OS. The number of piperidine rings is 1. The third-order valence-corrected chi connectivity index (χ3v) is 5.25. The Morgan fingerprint density at radius 1 is 1.40 bits per heavy atom. The topological polar surface area (TPSA) is 63.9 Å². The van der Waals surface area contributed by atoms with Crippen molar-refractivity contribution in [3.05, 3.63) is 37.2 Å². The van der Waals surface area contributed by atoms with Gasteiger partial charge in [0.25, 0.3) is 0 Å². The second-order valence-electron chi connectivity index (χ2n) is 6.32. The molecule has 0 spiro atoms. The second-order valence-corrected chi connectivity index (χ2v) is 7.26. The molecule has 1 saturated heterocycles. The highest BCUT2D eigenvalue weighted by Gasteiger charge is 2.22. The Balaban J connectivity index is 1.71. The monoisotopic (exact) mass is 357 g/mol. The summed E-state index contributed by atoms with van der Waals surface area (Å²) in [7, 11) is 0. The van der Waals surface area contributed by atoms with E-state index in [1.54, 1.807) is 12.4 Å². The summed E-state index contributed by atoms with van der Waals surface area (Å²) in [5.41, 5.74) is 0.951. The number of nitrogens with zero attached hydrogens (tertiary/aromatic N) is 5. The first-order valence-electron chi connectivity index (χ1n) is 8.54. The first-order valence-corrected chi connectivity index (χ1v) is 9.52. The Morgan fingerprint density at radius 2 is 2.20 bits per heavy atom. The standard InChI is InChI=1S/C18H23N5OS/c1-3-10-23-17(15-6-8-19-9-7-15)20-21-18(23)25-13-16(24)22-11-4-5-14(2)12-22/h3,6-9,14H,1,4-5,10-13H2,2H3. The highest BCUT2D eigenvalue weighted by Crippen LogP contribution is 2.24. The van der Waals surface area contributed by atoms with Gasteiger partial charge in [0.1, 0.15) is 0 Å². The average Bonchev–Trinajstić information content (AvgIpc) is 3.03. The molecule has 1 unspecified atom stereocenters. The maximum Gasteiger partial charge on any atom is 0.233 e. The predicted octanol–water partition coefficient (Wildman–Crippen LogP) is 2.88. The largest absolute Gasteiger partial charge is 0.342 e. The molecule has 0 bridgehead atoms. The zero-order valence-corrected chi connectivity index (χ0v) is 15.3. The van der Waals surface area contributed by atoms with Gasteiger partial charge >= 0.3 is 0 Å². The SMILES string of the molecule is C=CCn1c(SCC(=O)N2CCCC(C)C2)nnc1-c1ccncc1. The molecule has 0 aliphatic carbocycles. The van der Waals surface area contributed by atoms with E-state index in [1.807, 2.05) is 27.7 Å². The van der Waals surface area contributed by atoms with Gasteiger partial charge in [-0.2, -0.15) is 0 Å². The van der Waals surface area contributed by atoms with Crippen LogP contribution in [0.4, 0.5) is 0 Å². The number of rotatable bonds is 6. The molecule has 1 aliphatic rings. The summed E-state index contributed by atoms with van der Waals surface area (Å²) < 4.78 is 1.99. The molecule has 0 aromatic carbocycles. The lowest BCUT2D eigenvalue weighted by Gasteiger charge is -2.30. The third kappa shape index (κ3) is 4.28. The summed E-state index contributed by atoms with van der Waals surface area (Å²) in [6.07, 6.45) is 7.58. The van der Waals surface area contributed by atoms with Crippen molar-refractivity contribution in [2.24, 2.45) is 5.92 Å². The number of carbonyl (C=O) groups is 1. The van der Waals surface area contributed by atoms with Crippen molar-refractivity contribution in [1.29, 1.82) is 0 Å². The van der Waals surface area contributed by atoms with Crippen LogP contribution >= 0.6 is 11.8 Å². The lowest BCUT2D eigenvalue weighted by atomic mass is 10.0. The van der Waals surface area contributed by atoms with E-state index in [1.165, 1.54) is 18.2 Å². The van der Waals surface area contributed by atoms with E-state index >= 15 is 0 Å². The lowest BCUT2D eigenvalue weighted by molar-refractivity contribution is -0.130. The van der Waals surface area contributed by atoms with Gasteiger partial charge in [-0.1, -0.05) is 24.8 Å². The maximum atomic E-state index is 12.5. The van der Waals surface area contributed by atoms with E-state index in [9.17, 15) is 4.79 Å². The van der Waals surface area contributed by atoms with Crippen LogP contribution in [0, 0.1) is 5.92 Å². The van der Waals surface area contributed by atoms with Crippen LogP contribution in [0.3, 0.4) is 0 Å². The molecule has 7 heteroatoms. The van der Waals surface area contributed by atoms with Crippen LogP contribution in [-0.4, -0.2) is 49.4 Å². The molecule has 1 atom stereocenters. The molecule has 2 aromatic heterocycles. The predicted molar refractivity (Wildman–Crippen MR) is 99.2 cm³/mol. The minimum absolute atomic E-state index is 0.176. The van der Waals surface area contributed by atoms with Crippen molar-refractivity contribution in [3.8, 4) is 11.4 Å². The summed E-state index contributed by atoms with van der Waals surface area (Å²) in [5.74, 6) is 1.92. The van der Waals surface area contributed by atoms with Gasteiger partial charge < -0.3 is 4.90 Å². The van der Waals surface area contributed by atoms with Gasteiger partial charge in [-0.25, -0.2) is 0 Å². The molecule has 2 aromatic rings. The normalized spacial score (nSPS) is 17.5. The summed E-state index contributed by atoms with van der Waals surface area (Å²) in [6, 6.07) is 3.80. The number of aromatic nitrogens is 4. The first kappa shape index (κ1) is 17.7. The van der Waals surface area contributed by atoms with Crippen molar-refractivity contribution in [2.45, 2.75) is 31.5 Å². The van der Waals surface area contributed by atoms with E-state index in [4.69, 9.17) is 0 Å². The molecule has 25 heavy (non-hydrogen) atoms. The van der Waals surface area contributed by atoms with Crippen LogP contribution in [0.1, 0.15) is 19.8 Å². The molecule has 3 heterocycles. The summed E-state index contributed by atoms with van der Waals surface area (Å²) in [5, 5.41) is 9.32. The average molecular weight is 357 g/mol. The summed E-state index contributed by atoms with van der Waals surface area (Å²) >= 11 is 1.44. The van der Waals surface area contributed by atoms with Crippen LogP contribution in [0.25, 0.3) is 11.4 Å². The maximum absolute atomic E-state index is 12.5. The highest BCUT2D eigenvalue weighted by atomic mass is 32.2. The second kappa shape index (κ2) is 8.29. The quantitative estimate of drug-likeness (QED) is 0.587. The van der Waals surface area contributed by atoms with Crippen molar-refractivity contribution in [3.63, 3.8) is 0 Å². The molecule has 1 aliphatic heterocycles. The van der Waals surface area contributed by atoms with Crippen molar-refractivity contribution >= 4 is 17.7 Å². The molecule has 0 saturated carbocycles. The Kier molecular flexibility index (Phi) is 5.86. The zero-order valence-electron chi connectivity index (χ0n) is 14.5. The minimum atomic E-state index is 0.176. The molecular weight excluding hydrogens is 334 g/mol. The van der Waals surface area contributed by atoms with Crippen LogP contribution in [0.2, 0.25) is 0 Å². The van der Waals surface area contributed by atoms with E-state index in [2.05, 4.69) is 28.7 Å². The molecule has 1 amide bonds. The Morgan fingerprint density at radius 3 is 2.92 bits per heavy atom. The van der Waals surface area contributed by atoms with Crippen molar-refractivity contribution in [1.82, 2.24) is 24.6 Å². The first-order chi connectivity index (χ1) is 12.2. The van der Waals surface area contributed by atoms with Crippen LogP contribution in [-0.2, 0) is 11.3 Å². The van der Waals surface area contributed by atoms with Gasteiger partial charge in [-0.15, -0.1) is 16.8 Å². The van der Waals surface area contributed by atoms with Gasteiger partial charge in [0.2, 0.25) is 5.91 Å². The highest BCUT2D eigenvalue weighted by molar-refractivity contribution is 7.99. The molecule has 0 N–H and O–H groups in total.